The van der Waals surface area contributed by atoms with Crippen molar-refractivity contribution >= 4 is 17.8 Å². The van der Waals surface area contributed by atoms with Gasteiger partial charge in [-0.2, -0.15) is 0 Å². The van der Waals surface area contributed by atoms with Crippen LogP contribution in [-0.2, 0) is 30.2 Å². The van der Waals surface area contributed by atoms with E-state index < -0.39 is 48.5 Å². The summed E-state index contributed by atoms with van der Waals surface area (Å²) in [4.78, 5) is 38.1. The van der Waals surface area contributed by atoms with E-state index in [0.717, 1.165) is 5.56 Å². The second-order valence-electron chi connectivity index (χ2n) is 11.1. The van der Waals surface area contributed by atoms with Gasteiger partial charge in [0.25, 0.3) is 0 Å². The van der Waals surface area contributed by atoms with Crippen molar-refractivity contribution in [2.45, 2.75) is 51.0 Å². The zero-order valence-corrected chi connectivity index (χ0v) is 26.3. The summed E-state index contributed by atoms with van der Waals surface area (Å²) >= 11 is 0. The van der Waals surface area contributed by atoms with E-state index >= 15 is 0 Å². The molecule has 1 amide bonds. The van der Waals surface area contributed by atoms with Crippen molar-refractivity contribution < 1.29 is 42.5 Å². The van der Waals surface area contributed by atoms with Crippen LogP contribution >= 0.6 is 0 Å². The molecule has 5 atom stereocenters. The molecule has 1 aliphatic rings. The highest BCUT2D eigenvalue weighted by Gasteiger charge is 2.51. The van der Waals surface area contributed by atoms with Gasteiger partial charge in [0, 0.05) is 20.6 Å². The summed E-state index contributed by atoms with van der Waals surface area (Å²) in [6, 6.07) is 28.2. The van der Waals surface area contributed by atoms with Crippen LogP contribution in [0.15, 0.2) is 103 Å². The van der Waals surface area contributed by atoms with E-state index in [4.69, 9.17) is 23.7 Å². The number of rotatable bonds is 11. The molecule has 1 fully saturated rings. The topological polar surface area (TPSA) is 109 Å². The largest absolute Gasteiger partial charge is 0.461 e. The zero-order valence-electron chi connectivity index (χ0n) is 26.3. The number of amides is 1. The summed E-state index contributed by atoms with van der Waals surface area (Å²) in [5.74, 6) is -1.55. The first-order chi connectivity index (χ1) is 22.7. The highest BCUT2D eigenvalue weighted by Crippen LogP contribution is 2.34. The van der Waals surface area contributed by atoms with Crippen LogP contribution in [0.2, 0.25) is 0 Å². The zero-order chi connectivity index (χ0) is 33.3. The number of nitrogens with one attached hydrogen (secondary N) is 1. The Morgan fingerprint density at radius 2 is 1.43 bits per heavy atom. The van der Waals surface area contributed by atoms with Crippen LogP contribution in [0.5, 0.6) is 5.75 Å². The summed E-state index contributed by atoms with van der Waals surface area (Å²) in [5.41, 5.74) is 2.71. The Morgan fingerprint density at radius 3 is 2.02 bits per heavy atom. The van der Waals surface area contributed by atoms with E-state index in [0.29, 0.717) is 35.4 Å². The first-order valence-electron chi connectivity index (χ1n) is 15.2. The van der Waals surface area contributed by atoms with Gasteiger partial charge in [0.05, 0.1) is 17.2 Å². The van der Waals surface area contributed by atoms with Crippen LogP contribution in [0, 0.1) is 5.82 Å². The molecule has 47 heavy (non-hydrogen) atoms. The molecule has 0 spiro atoms. The number of benzene rings is 4. The molecule has 0 radical (unpaired) electrons. The van der Waals surface area contributed by atoms with Crippen LogP contribution in [-0.4, -0.2) is 62.2 Å². The lowest BCUT2D eigenvalue weighted by Gasteiger charge is -2.43. The van der Waals surface area contributed by atoms with Gasteiger partial charge in [0.15, 0.2) is 6.10 Å². The van der Waals surface area contributed by atoms with Gasteiger partial charge < -0.3 is 29.0 Å². The van der Waals surface area contributed by atoms with E-state index in [9.17, 15) is 18.8 Å². The van der Waals surface area contributed by atoms with Crippen LogP contribution in [0.4, 0.5) is 4.39 Å². The van der Waals surface area contributed by atoms with Crippen LogP contribution in [0.25, 0.3) is 11.1 Å². The number of carbonyl (C=O) groups is 3. The van der Waals surface area contributed by atoms with Gasteiger partial charge in [-0.25, -0.2) is 14.0 Å². The van der Waals surface area contributed by atoms with Crippen molar-refractivity contribution in [1.82, 2.24) is 5.32 Å². The third kappa shape index (κ3) is 8.41. The molecule has 5 rings (SSSR count). The van der Waals surface area contributed by atoms with Crippen molar-refractivity contribution in [2.24, 2.45) is 0 Å². The molecule has 0 aliphatic carbocycles. The Morgan fingerprint density at radius 1 is 0.787 bits per heavy atom. The molecule has 9 nitrogen and oxygen atoms in total. The van der Waals surface area contributed by atoms with Gasteiger partial charge >= 0.3 is 11.9 Å². The minimum atomic E-state index is -1.26. The lowest BCUT2D eigenvalue weighted by molar-refractivity contribution is -0.271. The van der Waals surface area contributed by atoms with Gasteiger partial charge in [-0.05, 0) is 78.6 Å². The highest BCUT2D eigenvalue weighted by atomic mass is 19.1. The van der Waals surface area contributed by atoms with Crippen LogP contribution < -0.4 is 10.1 Å². The molecule has 0 unspecified atom stereocenters. The van der Waals surface area contributed by atoms with Gasteiger partial charge in [-0.15, -0.1) is 0 Å². The Labute approximate surface area is 272 Å². The second kappa shape index (κ2) is 15.5. The van der Waals surface area contributed by atoms with E-state index in [1.165, 1.54) is 26.2 Å². The van der Waals surface area contributed by atoms with Gasteiger partial charge in [-0.3, -0.25) is 4.79 Å². The van der Waals surface area contributed by atoms with Crippen molar-refractivity contribution in [3.8, 4) is 16.9 Å². The Kier molecular flexibility index (Phi) is 11.0. The van der Waals surface area contributed by atoms with E-state index in [-0.39, 0.29) is 11.5 Å². The molecular formula is C37H36FNO8. The quantitative estimate of drug-likeness (QED) is 0.206. The normalized spacial score (nSPS) is 20.6. The van der Waals surface area contributed by atoms with Crippen molar-refractivity contribution in [3.05, 3.63) is 126 Å². The summed E-state index contributed by atoms with van der Waals surface area (Å²) in [5, 5.41) is 2.78. The van der Waals surface area contributed by atoms with E-state index in [1.54, 1.807) is 91.9 Å². The maximum atomic E-state index is 14.3. The lowest BCUT2D eigenvalue weighted by atomic mass is 9.96. The maximum Gasteiger partial charge on any atom is 0.338 e. The van der Waals surface area contributed by atoms with Crippen molar-refractivity contribution in [2.75, 3.05) is 13.7 Å². The number of ether oxygens (including phenoxy) is 5. The van der Waals surface area contributed by atoms with Gasteiger partial charge in [-0.1, -0.05) is 54.6 Å². The number of carbonyl (C=O) groups excluding carboxylic acids is 3. The molecule has 244 valence electrons. The molecule has 1 heterocycles. The second-order valence-corrected chi connectivity index (χ2v) is 11.1. The molecule has 1 saturated heterocycles. The average Bonchev–Trinajstić information content (AvgIpc) is 3.07. The van der Waals surface area contributed by atoms with E-state index in [1.807, 2.05) is 6.07 Å². The highest BCUT2D eigenvalue weighted by molar-refractivity contribution is 5.90. The fourth-order valence-electron chi connectivity index (χ4n) is 5.46. The predicted octanol–water partition coefficient (Wildman–Crippen LogP) is 5.76. The monoisotopic (exact) mass is 641 g/mol. The Bertz CT molecular complexity index is 1680. The van der Waals surface area contributed by atoms with Crippen molar-refractivity contribution in [3.63, 3.8) is 0 Å². The first kappa shape index (κ1) is 33.3. The smallest absolute Gasteiger partial charge is 0.338 e. The minimum Gasteiger partial charge on any atom is -0.461 e. The number of halogens is 1. The molecule has 10 heteroatoms. The number of hydrogen-bond acceptors (Lipinski definition) is 8. The molecule has 1 N–H and O–H groups in total. The predicted molar refractivity (Wildman–Crippen MR) is 171 cm³/mol. The SMILES string of the molecule is CO[C@@H]1[C@@H](OC(=O)c2ccccc2)[C@@H](OC(=O)c2ccccc2)[C@H](Oc2ccc(CCNC(C)=O)c(-c3cccc(F)c3)c2)O[C@H]1C. The number of esters is 2. The van der Waals surface area contributed by atoms with Gasteiger partial charge in [0.2, 0.25) is 18.3 Å². The molecule has 4 aromatic rings. The van der Waals surface area contributed by atoms with E-state index in [2.05, 4.69) is 5.32 Å². The third-order valence-corrected chi connectivity index (χ3v) is 7.74. The molecular weight excluding hydrogens is 605 g/mol. The molecule has 4 aromatic carbocycles. The van der Waals surface area contributed by atoms with Crippen LogP contribution in [0.3, 0.4) is 0 Å². The fraction of sp³-hybridized carbons (Fsp3) is 0.270. The first-order valence-corrected chi connectivity index (χ1v) is 15.2. The standard InChI is InChI=1S/C37H36FNO8/c1-23-32(43-3)33(46-35(41)26-11-6-4-7-12-26)34(47-36(42)27-13-8-5-9-14-27)37(44-23)45-30-18-17-25(19-20-39-24(2)40)31(22-30)28-15-10-16-29(38)21-28/h4-18,21-23,32-34,37H,19-20H2,1-3H3,(H,39,40)/t23-,32-,33+,34+,37-/m0/s1. The number of hydrogen-bond donors (Lipinski definition) is 1. The van der Waals surface area contributed by atoms with Crippen LogP contribution in [0.1, 0.15) is 40.1 Å². The molecule has 0 saturated carbocycles. The minimum absolute atomic E-state index is 0.159. The Balaban J connectivity index is 1.50. The third-order valence-electron chi connectivity index (χ3n) is 7.74. The summed E-state index contributed by atoms with van der Waals surface area (Å²) in [6.45, 7) is 3.56. The fourth-order valence-corrected chi connectivity index (χ4v) is 5.46. The van der Waals surface area contributed by atoms with Crippen molar-refractivity contribution in [1.29, 1.82) is 0 Å². The maximum absolute atomic E-state index is 14.3. The average molecular weight is 642 g/mol. The van der Waals surface area contributed by atoms with Gasteiger partial charge in [0.1, 0.15) is 17.7 Å². The summed E-state index contributed by atoms with van der Waals surface area (Å²) < 4.78 is 44.6. The lowest BCUT2D eigenvalue weighted by Crippen LogP contribution is -2.61. The number of methoxy groups -OCH3 is 1. The molecule has 1 aliphatic heterocycles. The summed E-state index contributed by atoms with van der Waals surface area (Å²) in [6.07, 6.45) is -4.59. The molecule has 0 aromatic heterocycles. The molecule has 0 bridgehead atoms. The summed E-state index contributed by atoms with van der Waals surface area (Å²) in [7, 11) is 1.45. The Hall–Kier alpha value is -5.06.